The maximum Gasteiger partial charge on any atom is 0.231 e. The smallest absolute Gasteiger partial charge is 0.231 e. The van der Waals surface area contributed by atoms with Crippen LogP contribution in [0, 0.1) is 0 Å². The number of hydrogen-bond acceptors (Lipinski definition) is 6. The van der Waals surface area contributed by atoms with E-state index in [4.69, 9.17) is 18.9 Å². The van der Waals surface area contributed by atoms with Gasteiger partial charge in [0.05, 0.1) is 5.54 Å². The molecule has 1 aliphatic carbocycles. The lowest BCUT2D eigenvalue weighted by molar-refractivity contribution is -0.0984. The third kappa shape index (κ3) is 1.73. The number of benzene rings is 2. The second kappa shape index (κ2) is 4.88. The summed E-state index contributed by atoms with van der Waals surface area (Å²) in [5.41, 5.74) is 2.58. The fraction of sp³-hybridized carbons (Fsp3) is 0.429. The SMILES string of the molecule is CN1CCc2cc3c(cc2[C@@]12Cc1c(ccc4c1OCO4)[C@@]2(C)O)OCO3. The molecule has 3 aliphatic heterocycles. The Morgan fingerprint density at radius 2 is 1.70 bits per heavy atom. The lowest BCUT2D eigenvalue weighted by Crippen LogP contribution is -2.58. The molecule has 140 valence electrons. The van der Waals surface area contributed by atoms with Crippen LogP contribution in [0.3, 0.4) is 0 Å². The Labute approximate surface area is 157 Å². The average Bonchev–Trinajstić information content (AvgIpc) is 3.34. The lowest BCUT2D eigenvalue weighted by Gasteiger charge is -2.51. The summed E-state index contributed by atoms with van der Waals surface area (Å²) in [5, 5.41) is 11.9. The first kappa shape index (κ1) is 15.6. The van der Waals surface area contributed by atoms with Crippen LogP contribution in [0.5, 0.6) is 23.0 Å². The number of ether oxygens (including phenoxy) is 4. The minimum atomic E-state index is -1.08. The molecule has 2 aromatic rings. The molecule has 6 heteroatoms. The van der Waals surface area contributed by atoms with Gasteiger partial charge in [0.2, 0.25) is 13.6 Å². The van der Waals surface area contributed by atoms with Gasteiger partial charge in [-0.25, -0.2) is 0 Å². The Balaban J connectivity index is 1.61. The Morgan fingerprint density at radius 1 is 0.963 bits per heavy atom. The number of fused-ring (bicyclic) bond motifs is 6. The van der Waals surface area contributed by atoms with Gasteiger partial charge in [-0.15, -0.1) is 0 Å². The van der Waals surface area contributed by atoms with E-state index in [1.165, 1.54) is 5.56 Å². The summed E-state index contributed by atoms with van der Waals surface area (Å²) in [6.45, 7) is 3.25. The van der Waals surface area contributed by atoms with E-state index in [1.54, 1.807) is 0 Å². The van der Waals surface area contributed by atoms with Gasteiger partial charge in [-0.05, 0) is 55.3 Å². The highest BCUT2D eigenvalue weighted by atomic mass is 16.7. The summed E-state index contributed by atoms with van der Waals surface area (Å²) < 4.78 is 22.6. The monoisotopic (exact) mass is 367 g/mol. The number of likely N-dealkylation sites (N-methyl/N-ethyl adjacent to an activating group) is 1. The quantitative estimate of drug-likeness (QED) is 0.771. The fourth-order valence-corrected chi connectivity index (χ4v) is 5.44. The zero-order valence-electron chi connectivity index (χ0n) is 15.4. The van der Waals surface area contributed by atoms with Crippen LogP contribution in [0.25, 0.3) is 0 Å². The summed E-state index contributed by atoms with van der Waals surface area (Å²) >= 11 is 0. The second-order valence-electron chi connectivity index (χ2n) is 7.97. The molecule has 0 unspecified atom stereocenters. The number of aliphatic hydroxyl groups is 1. The van der Waals surface area contributed by atoms with Crippen molar-refractivity contribution < 1.29 is 24.1 Å². The van der Waals surface area contributed by atoms with Crippen LogP contribution < -0.4 is 18.9 Å². The third-order valence-electron chi connectivity index (χ3n) is 6.82. The Morgan fingerprint density at radius 3 is 2.56 bits per heavy atom. The van der Waals surface area contributed by atoms with E-state index in [0.29, 0.717) is 6.42 Å². The molecule has 3 heterocycles. The summed E-state index contributed by atoms with van der Waals surface area (Å²) in [6, 6.07) is 8.02. The van der Waals surface area contributed by atoms with E-state index >= 15 is 0 Å². The molecule has 0 saturated heterocycles. The molecule has 6 nitrogen and oxygen atoms in total. The van der Waals surface area contributed by atoms with Crippen LogP contribution in [-0.4, -0.2) is 37.2 Å². The Kier molecular flexibility index (Phi) is 2.82. The van der Waals surface area contributed by atoms with Gasteiger partial charge in [-0.1, -0.05) is 6.07 Å². The average molecular weight is 367 g/mol. The molecular weight excluding hydrogens is 346 g/mol. The van der Waals surface area contributed by atoms with Crippen molar-refractivity contribution in [1.82, 2.24) is 4.90 Å². The molecule has 0 bridgehead atoms. The van der Waals surface area contributed by atoms with E-state index in [9.17, 15) is 5.11 Å². The zero-order chi connectivity index (χ0) is 18.4. The van der Waals surface area contributed by atoms with Crippen LogP contribution in [0.2, 0.25) is 0 Å². The van der Waals surface area contributed by atoms with E-state index < -0.39 is 11.1 Å². The maximum absolute atomic E-state index is 11.9. The van der Waals surface area contributed by atoms with Gasteiger partial charge in [0.15, 0.2) is 23.0 Å². The van der Waals surface area contributed by atoms with Crippen molar-refractivity contribution in [3.63, 3.8) is 0 Å². The van der Waals surface area contributed by atoms with Crippen molar-refractivity contribution in [3.05, 3.63) is 46.5 Å². The molecule has 0 saturated carbocycles. The van der Waals surface area contributed by atoms with Crippen molar-refractivity contribution in [2.75, 3.05) is 27.2 Å². The van der Waals surface area contributed by atoms with Gasteiger partial charge in [0.25, 0.3) is 0 Å². The fourth-order valence-electron chi connectivity index (χ4n) is 5.44. The minimum Gasteiger partial charge on any atom is -0.454 e. The molecule has 0 amide bonds. The zero-order valence-corrected chi connectivity index (χ0v) is 15.4. The largest absolute Gasteiger partial charge is 0.454 e. The Hall–Kier alpha value is -2.44. The van der Waals surface area contributed by atoms with Gasteiger partial charge in [-0.3, -0.25) is 4.90 Å². The molecule has 1 N–H and O–H groups in total. The first-order valence-electron chi connectivity index (χ1n) is 9.31. The van der Waals surface area contributed by atoms with E-state index in [1.807, 2.05) is 19.1 Å². The van der Waals surface area contributed by atoms with Crippen LogP contribution in [-0.2, 0) is 24.0 Å². The van der Waals surface area contributed by atoms with E-state index in [0.717, 1.165) is 52.7 Å². The first-order chi connectivity index (χ1) is 13.0. The van der Waals surface area contributed by atoms with Crippen molar-refractivity contribution in [2.24, 2.45) is 0 Å². The van der Waals surface area contributed by atoms with Gasteiger partial charge < -0.3 is 24.1 Å². The highest BCUT2D eigenvalue weighted by molar-refractivity contribution is 5.62. The highest BCUT2D eigenvalue weighted by Crippen LogP contribution is 2.59. The number of hydrogen-bond donors (Lipinski definition) is 1. The molecule has 4 aliphatic rings. The van der Waals surface area contributed by atoms with Crippen molar-refractivity contribution in [2.45, 2.75) is 30.9 Å². The van der Waals surface area contributed by atoms with Crippen LogP contribution in [0.4, 0.5) is 0 Å². The van der Waals surface area contributed by atoms with Crippen LogP contribution >= 0.6 is 0 Å². The van der Waals surface area contributed by atoms with Gasteiger partial charge >= 0.3 is 0 Å². The normalized spacial score (nSPS) is 29.9. The predicted octanol–water partition coefficient (Wildman–Crippen LogP) is 2.29. The highest BCUT2D eigenvalue weighted by Gasteiger charge is 2.60. The van der Waals surface area contributed by atoms with E-state index in [-0.39, 0.29) is 13.6 Å². The van der Waals surface area contributed by atoms with Crippen molar-refractivity contribution in [3.8, 4) is 23.0 Å². The van der Waals surface area contributed by atoms with Crippen LogP contribution in [0.15, 0.2) is 24.3 Å². The van der Waals surface area contributed by atoms with Gasteiger partial charge in [-0.2, -0.15) is 0 Å². The lowest BCUT2D eigenvalue weighted by atomic mass is 9.70. The molecule has 6 rings (SSSR count). The molecule has 2 atom stereocenters. The standard InChI is InChI=1S/C21H21NO5/c1-20(23)14-3-4-16-19(27-11-24-16)13(14)9-21(20)15-8-18-17(25-10-26-18)7-12(15)5-6-22(21)2/h3-4,7-8,23H,5-6,9-11H2,1-2H3/t20-,21-/m1/s1. The number of rotatable bonds is 0. The molecule has 27 heavy (non-hydrogen) atoms. The second-order valence-corrected chi connectivity index (χ2v) is 7.97. The molecule has 0 radical (unpaired) electrons. The number of nitrogens with zero attached hydrogens (tertiary/aromatic N) is 1. The van der Waals surface area contributed by atoms with Crippen molar-refractivity contribution in [1.29, 1.82) is 0 Å². The third-order valence-corrected chi connectivity index (χ3v) is 6.82. The first-order valence-corrected chi connectivity index (χ1v) is 9.31. The van der Waals surface area contributed by atoms with Gasteiger partial charge in [0.1, 0.15) is 5.60 Å². The Bertz CT molecular complexity index is 985. The molecule has 1 spiro atoms. The minimum absolute atomic E-state index is 0.228. The molecule has 0 aromatic heterocycles. The van der Waals surface area contributed by atoms with E-state index in [2.05, 4.69) is 24.1 Å². The molecule has 0 fully saturated rings. The summed E-state index contributed by atoms with van der Waals surface area (Å²) in [5.74, 6) is 3.07. The van der Waals surface area contributed by atoms with Gasteiger partial charge in [0, 0.05) is 18.5 Å². The summed E-state index contributed by atoms with van der Waals surface area (Å²) in [7, 11) is 2.09. The van der Waals surface area contributed by atoms with Crippen LogP contribution in [0.1, 0.15) is 29.2 Å². The maximum atomic E-state index is 11.9. The van der Waals surface area contributed by atoms with Crippen molar-refractivity contribution >= 4 is 0 Å². The molecule has 2 aromatic carbocycles. The predicted molar refractivity (Wildman–Crippen MR) is 96.4 cm³/mol. The molecular formula is C21H21NO5. The summed E-state index contributed by atoms with van der Waals surface area (Å²) in [6.07, 6.45) is 1.57. The summed E-state index contributed by atoms with van der Waals surface area (Å²) in [4.78, 5) is 2.28. The topological polar surface area (TPSA) is 60.4 Å².